The number of hydrogen-bond acceptors (Lipinski definition) is 3. The predicted molar refractivity (Wildman–Crippen MR) is 73.7 cm³/mol. The van der Waals surface area contributed by atoms with Gasteiger partial charge in [0.05, 0.1) is 5.92 Å². The van der Waals surface area contributed by atoms with Crippen molar-refractivity contribution in [3.8, 4) is 0 Å². The molecule has 2 N–H and O–H groups in total. The molecule has 0 spiro atoms. The highest BCUT2D eigenvalue weighted by atomic mass is 19.4. The second kappa shape index (κ2) is 6.44. The minimum absolute atomic E-state index is 0.0765. The van der Waals surface area contributed by atoms with Crippen LogP contribution in [0.1, 0.15) is 26.2 Å². The summed E-state index contributed by atoms with van der Waals surface area (Å²) in [5.41, 5.74) is 5.84. The number of carbonyl (C=O) groups excluding carboxylic acids is 2. The van der Waals surface area contributed by atoms with Crippen LogP contribution in [0.15, 0.2) is 0 Å². The van der Waals surface area contributed by atoms with Crippen LogP contribution in [-0.4, -0.2) is 60.0 Å². The van der Waals surface area contributed by atoms with E-state index in [1.165, 1.54) is 0 Å². The molecule has 0 aromatic carbocycles. The van der Waals surface area contributed by atoms with Gasteiger partial charge in [0.1, 0.15) is 6.54 Å². The fourth-order valence-electron chi connectivity index (χ4n) is 3.21. The van der Waals surface area contributed by atoms with Gasteiger partial charge in [-0.2, -0.15) is 13.2 Å². The first-order valence-corrected chi connectivity index (χ1v) is 7.56. The number of hydrogen-bond donors (Lipinski definition) is 1. The number of nitrogens with zero attached hydrogens (tertiary/aromatic N) is 2. The Morgan fingerprint density at radius 2 is 1.95 bits per heavy atom. The van der Waals surface area contributed by atoms with Crippen LogP contribution >= 0.6 is 0 Å². The third-order valence-electron chi connectivity index (χ3n) is 4.53. The van der Waals surface area contributed by atoms with E-state index >= 15 is 0 Å². The van der Waals surface area contributed by atoms with Gasteiger partial charge >= 0.3 is 6.18 Å². The lowest BCUT2D eigenvalue weighted by Crippen LogP contribution is -2.45. The summed E-state index contributed by atoms with van der Waals surface area (Å²) in [6.07, 6.45) is -2.95. The maximum absolute atomic E-state index is 12.4. The van der Waals surface area contributed by atoms with Crippen molar-refractivity contribution in [3.63, 3.8) is 0 Å². The molecule has 5 nitrogen and oxygen atoms in total. The highest BCUT2D eigenvalue weighted by molar-refractivity contribution is 5.89. The van der Waals surface area contributed by atoms with Gasteiger partial charge in [-0.15, -0.1) is 0 Å². The fraction of sp³-hybridized carbons (Fsp3) is 0.857. The minimum Gasteiger partial charge on any atom is -0.342 e. The zero-order valence-electron chi connectivity index (χ0n) is 12.6. The van der Waals surface area contributed by atoms with E-state index in [0.29, 0.717) is 19.0 Å². The number of rotatable bonds is 3. The van der Waals surface area contributed by atoms with E-state index in [1.807, 2.05) is 6.92 Å². The van der Waals surface area contributed by atoms with Crippen molar-refractivity contribution in [1.29, 1.82) is 0 Å². The summed E-state index contributed by atoms with van der Waals surface area (Å²) in [6, 6.07) is 0.0765. The lowest BCUT2D eigenvalue weighted by molar-refractivity contribution is -0.157. The van der Waals surface area contributed by atoms with Crippen molar-refractivity contribution in [2.75, 3.05) is 26.2 Å². The minimum atomic E-state index is -4.43. The summed E-state index contributed by atoms with van der Waals surface area (Å²) < 4.78 is 37.1. The molecule has 0 radical (unpaired) electrons. The largest absolute Gasteiger partial charge is 0.406 e. The Labute approximate surface area is 127 Å². The Balaban J connectivity index is 1.88. The molecule has 0 aliphatic carbocycles. The van der Waals surface area contributed by atoms with Crippen molar-refractivity contribution in [2.45, 2.75) is 38.4 Å². The maximum Gasteiger partial charge on any atom is 0.406 e. The zero-order chi connectivity index (χ0) is 16.5. The van der Waals surface area contributed by atoms with Crippen LogP contribution in [0.25, 0.3) is 0 Å². The van der Waals surface area contributed by atoms with E-state index in [4.69, 9.17) is 5.73 Å². The number of halogens is 3. The Morgan fingerprint density at radius 3 is 2.45 bits per heavy atom. The number of piperidine rings is 1. The van der Waals surface area contributed by atoms with Crippen LogP contribution in [0.5, 0.6) is 0 Å². The Bertz CT molecular complexity index is 432. The number of nitrogens with two attached hydrogens (primary N) is 1. The van der Waals surface area contributed by atoms with E-state index in [0.717, 1.165) is 17.7 Å². The zero-order valence-corrected chi connectivity index (χ0v) is 12.6. The van der Waals surface area contributed by atoms with Crippen molar-refractivity contribution in [3.05, 3.63) is 0 Å². The Morgan fingerprint density at radius 1 is 1.36 bits per heavy atom. The molecule has 8 heteroatoms. The molecule has 0 saturated carbocycles. The number of likely N-dealkylation sites (tertiary alicyclic amines) is 2. The highest BCUT2D eigenvalue weighted by Gasteiger charge is 2.42. The van der Waals surface area contributed by atoms with Crippen LogP contribution in [0.3, 0.4) is 0 Å². The van der Waals surface area contributed by atoms with Gasteiger partial charge in [-0.1, -0.05) is 0 Å². The third-order valence-corrected chi connectivity index (χ3v) is 4.53. The van der Waals surface area contributed by atoms with Gasteiger partial charge in [-0.3, -0.25) is 9.59 Å². The van der Waals surface area contributed by atoms with Crippen LogP contribution in [0.2, 0.25) is 0 Å². The molecule has 0 bridgehead atoms. The molecular formula is C14H22F3N3O2. The summed E-state index contributed by atoms with van der Waals surface area (Å²) in [5.74, 6) is -1.08. The molecule has 2 rings (SSSR count). The summed E-state index contributed by atoms with van der Waals surface area (Å²) in [7, 11) is 0. The molecule has 2 atom stereocenters. The molecule has 0 aromatic heterocycles. The van der Waals surface area contributed by atoms with Gasteiger partial charge in [-0.05, 0) is 25.7 Å². The van der Waals surface area contributed by atoms with E-state index in [9.17, 15) is 22.8 Å². The van der Waals surface area contributed by atoms with Crippen LogP contribution < -0.4 is 5.73 Å². The standard InChI is InChI=1S/C14H22F3N3O2/c1-9(18)10-2-4-19(5-3-10)13(22)11-6-12(21)20(7-11)8-14(15,16)17/h9-11H,2-8,18H2,1H3. The monoisotopic (exact) mass is 321 g/mol. The Hall–Kier alpha value is -1.31. The molecule has 2 saturated heterocycles. The van der Waals surface area contributed by atoms with E-state index in [-0.39, 0.29) is 24.9 Å². The normalized spacial score (nSPS) is 25.7. The topological polar surface area (TPSA) is 66.6 Å². The van der Waals surface area contributed by atoms with Gasteiger partial charge in [0.2, 0.25) is 11.8 Å². The van der Waals surface area contributed by atoms with Crippen molar-refractivity contribution >= 4 is 11.8 Å². The smallest absolute Gasteiger partial charge is 0.342 e. The lowest BCUT2D eigenvalue weighted by Gasteiger charge is -2.35. The lowest BCUT2D eigenvalue weighted by atomic mass is 9.90. The average molecular weight is 321 g/mol. The van der Waals surface area contributed by atoms with Gasteiger partial charge in [-0.25, -0.2) is 0 Å². The molecule has 0 aromatic rings. The van der Waals surface area contributed by atoms with Gasteiger partial charge in [0, 0.05) is 32.1 Å². The van der Waals surface area contributed by atoms with E-state index in [1.54, 1.807) is 4.90 Å². The molecule has 2 fully saturated rings. The summed E-state index contributed by atoms with van der Waals surface area (Å²) in [6.45, 7) is 1.66. The van der Waals surface area contributed by atoms with Gasteiger partial charge < -0.3 is 15.5 Å². The molecule has 2 aliphatic heterocycles. The van der Waals surface area contributed by atoms with Crippen molar-refractivity contribution < 1.29 is 22.8 Å². The van der Waals surface area contributed by atoms with Crippen LogP contribution in [0, 0.1) is 11.8 Å². The number of alkyl halides is 3. The number of carbonyl (C=O) groups is 2. The molecule has 2 unspecified atom stereocenters. The van der Waals surface area contributed by atoms with Crippen molar-refractivity contribution in [2.24, 2.45) is 17.6 Å². The third kappa shape index (κ3) is 4.12. The predicted octanol–water partition coefficient (Wildman–Crippen LogP) is 0.983. The first-order chi connectivity index (χ1) is 10.2. The molecule has 2 heterocycles. The van der Waals surface area contributed by atoms with E-state index in [2.05, 4.69) is 0 Å². The molecule has 2 aliphatic rings. The van der Waals surface area contributed by atoms with Crippen LogP contribution in [0.4, 0.5) is 13.2 Å². The SMILES string of the molecule is CC(N)C1CCN(C(=O)C2CC(=O)N(CC(F)(F)F)C2)CC1. The quantitative estimate of drug-likeness (QED) is 0.843. The summed E-state index contributed by atoms with van der Waals surface area (Å²) in [5, 5.41) is 0. The van der Waals surface area contributed by atoms with E-state index < -0.39 is 24.5 Å². The fourth-order valence-corrected chi connectivity index (χ4v) is 3.21. The summed E-state index contributed by atoms with van der Waals surface area (Å²) in [4.78, 5) is 26.4. The second-order valence-corrected chi connectivity index (χ2v) is 6.31. The highest BCUT2D eigenvalue weighted by Crippen LogP contribution is 2.27. The van der Waals surface area contributed by atoms with Crippen LogP contribution in [-0.2, 0) is 9.59 Å². The first kappa shape index (κ1) is 17.1. The van der Waals surface area contributed by atoms with Gasteiger partial charge in [0.25, 0.3) is 0 Å². The second-order valence-electron chi connectivity index (χ2n) is 6.31. The molecule has 22 heavy (non-hydrogen) atoms. The first-order valence-electron chi connectivity index (χ1n) is 7.56. The van der Waals surface area contributed by atoms with Gasteiger partial charge in [0.15, 0.2) is 0 Å². The molecule has 2 amide bonds. The molecular weight excluding hydrogens is 299 g/mol. The average Bonchev–Trinajstić information content (AvgIpc) is 2.77. The van der Waals surface area contributed by atoms with Crippen molar-refractivity contribution in [1.82, 2.24) is 9.80 Å². The maximum atomic E-state index is 12.4. The molecule has 126 valence electrons. The number of amides is 2. The summed E-state index contributed by atoms with van der Waals surface area (Å²) >= 11 is 0. The Kier molecular flexibility index (Phi) is 4.99.